The topological polar surface area (TPSA) is 53.6 Å². The molecule has 0 aliphatic carbocycles. The molecule has 0 N–H and O–H groups in total. The van der Waals surface area contributed by atoms with Crippen molar-refractivity contribution in [3.05, 3.63) is 18.7 Å². The van der Waals surface area contributed by atoms with E-state index in [1.807, 2.05) is 30.3 Å². The molecule has 114 valence electrons. The first-order valence-corrected chi connectivity index (χ1v) is 6.98. The standard InChI is InChI=1S/C14H25N2O4/c1-5-6-9-18-12(2)19-13(3)20-14(17)10-16-8-7-15(4)11-16/h7-8,11-13H,5-6,9-10H2,1-4H3/q+1. The lowest BCUT2D eigenvalue weighted by molar-refractivity contribution is -0.671. The predicted octanol–water partition coefficient (Wildman–Crippen LogP) is 1.38. The van der Waals surface area contributed by atoms with Gasteiger partial charge in [-0.2, -0.15) is 0 Å². The van der Waals surface area contributed by atoms with Crippen LogP contribution in [0.1, 0.15) is 33.6 Å². The fraction of sp³-hybridized carbons (Fsp3) is 0.714. The van der Waals surface area contributed by atoms with Gasteiger partial charge in [-0.1, -0.05) is 13.3 Å². The highest BCUT2D eigenvalue weighted by molar-refractivity contribution is 5.69. The predicted molar refractivity (Wildman–Crippen MR) is 72.6 cm³/mol. The molecule has 6 heteroatoms. The molecular formula is C14H25N2O4+. The third-order valence-corrected chi connectivity index (χ3v) is 2.67. The Bertz CT molecular complexity index is 406. The van der Waals surface area contributed by atoms with E-state index in [1.165, 1.54) is 0 Å². The zero-order valence-electron chi connectivity index (χ0n) is 12.7. The van der Waals surface area contributed by atoms with E-state index < -0.39 is 6.29 Å². The molecule has 0 fully saturated rings. The van der Waals surface area contributed by atoms with Crippen molar-refractivity contribution in [3.8, 4) is 0 Å². The Hall–Kier alpha value is -1.40. The Morgan fingerprint density at radius 3 is 2.70 bits per heavy atom. The van der Waals surface area contributed by atoms with Crippen LogP contribution in [-0.4, -0.2) is 29.7 Å². The van der Waals surface area contributed by atoms with Gasteiger partial charge < -0.3 is 14.2 Å². The lowest BCUT2D eigenvalue weighted by Gasteiger charge is -2.19. The maximum absolute atomic E-state index is 11.7. The van der Waals surface area contributed by atoms with Crippen LogP contribution in [0.15, 0.2) is 18.7 Å². The van der Waals surface area contributed by atoms with Crippen LogP contribution in [-0.2, 0) is 32.6 Å². The van der Waals surface area contributed by atoms with Gasteiger partial charge in [0.15, 0.2) is 12.8 Å². The summed E-state index contributed by atoms with van der Waals surface area (Å²) in [5.41, 5.74) is 0. The minimum atomic E-state index is -0.622. The van der Waals surface area contributed by atoms with Gasteiger partial charge in [-0.05, 0) is 20.3 Å². The van der Waals surface area contributed by atoms with Crippen molar-refractivity contribution in [1.29, 1.82) is 0 Å². The van der Waals surface area contributed by atoms with Gasteiger partial charge in [0, 0.05) is 6.61 Å². The first-order chi connectivity index (χ1) is 9.51. The summed E-state index contributed by atoms with van der Waals surface area (Å²) in [7, 11) is 1.89. The lowest BCUT2D eigenvalue weighted by atomic mass is 10.4. The Labute approximate surface area is 120 Å². The normalized spacial score (nSPS) is 14.0. The number of ether oxygens (including phenoxy) is 3. The molecule has 1 aromatic rings. The Kier molecular flexibility index (Phi) is 7.25. The van der Waals surface area contributed by atoms with Gasteiger partial charge in [-0.25, -0.2) is 13.9 Å². The highest BCUT2D eigenvalue weighted by Gasteiger charge is 2.15. The molecule has 0 radical (unpaired) electrons. The van der Waals surface area contributed by atoms with Crippen molar-refractivity contribution in [1.82, 2.24) is 4.57 Å². The number of aromatic nitrogens is 2. The fourth-order valence-corrected chi connectivity index (χ4v) is 1.70. The van der Waals surface area contributed by atoms with Crippen LogP contribution < -0.4 is 4.57 Å². The molecule has 0 aliphatic heterocycles. The fourth-order valence-electron chi connectivity index (χ4n) is 1.70. The van der Waals surface area contributed by atoms with Crippen LogP contribution in [0.3, 0.4) is 0 Å². The Morgan fingerprint density at radius 2 is 2.10 bits per heavy atom. The average molecular weight is 285 g/mol. The molecule has 1 aromatic heterocycles. The molecule has 20 heavy (non-hydrogen) atoms. The summed E-state index contributed by atoms with van der Waals surface area (Å²) in [6, 6.07) is 0. The van der Waals surface area contributed by atoms with Crippen LogP contribution in [0.5, 0.6) is 0 Å². The first-order valence-electron chi connectivity index (χ1n) is 6.98. The second-order valence-electron chi connectivity index (χ2n) is 4.74. The molecule has 0 aromatic carbocycles. The van der Waals surface area contributed by atoms with Gasteiger partial charge in [-0.15, -0.1) is 0 Å². The van der Waals surface area contributed by atoms with Gasteiger partial charge in [0.2, 0.25) is 12.6 Å². The van der Waals surface area contributed by atoms with E-state index in [4.69, 9.17) is 14.2 Å². The minimum absolute atomic E-state index is 0.166. The lowest BCUT2D eigenvalue weighted by Crippen LogP contribution is -2.27. The Balaban J connectivity index is 2.23. The number of imidazole rings is 1. The van der Waals surface area contributed by atoms with Gasteiger partial charge in [0.1, 0.15) is 12.4 Å². The van der Waals surface area contributed by atoms with Crippen LogP contribution >= 0.6 is 0 Å². The van der Waals surface area contributed by atoms with Crippen LogP contribution in [0, 0.1) is 0 Å². The Morgan fingerprint density at radius 1 is 1.35 bits per heavy atom. The maximum Gasteiger partial charge on any atom is 0.350 e. The summed E-state index contributed by atoms with van der Waals surface area (Å²) in [4.78, 5) is 11.7. The van der Waals surface area contributed by atoms with Crippen molar-refractivity contribution in [2.45, 2.75) is 52.7 Å². The number of hydrogen-bond acceptors (Lipinski definition) is 4. The largest absolute Gasteiger partial charge is 0.433 e. The van der Waals surface area contributed by atoms with Crippen LogP contribution in [0.25, 0.3) is 0 Å². The number of nitrogens with zero attached hydrogens (tertiary/aromatic N) is 2. The second kappa shape index (κ2) is 8.71. The molecule has 2 unspecified atom stereocenters. The van der Waals surface area contributed by atoms with E-state index in [2.05, 4.69) is 6.92 Å². The molecule has 0 aliphatic rings. The number of unbranched alkanes of at least 4 members (excludes halogenated alkanes) is 1. The molecule has 0 amide bonds. The molecule has 2 atom stereocenters. The van der Waals surface area contributed by atoms with E-state index >= 15 is 0 Å². The van der Waals surface area contributed by atoms with E-state index in [9.17, 15) is 4.79 Å². The first kappa shape index (κ1) is 16.7. The van der Waals surface area contributed by atoms with Crippen LogP contribution in [0.4, 0.5) is 0 Å². The SMILES string of the molecule is CCCCOC(C)OC(C)OC(=O)Cn1cc[n+](C)c1. The zero-order chi connectivity index (χ0) is 15.0. The summed E-state index contributed by atoms with van der Waals surface area (Å²) in [5.74, 6) is -0.338. The van der Waals surface area contributed by atoms with Crippen molar-refractivity contribution >= 4 is 5.97 Å². The second-order valence-corrected chi connectivity index (χ2v) is 4.74. The van der Waals surface area contributed by atoms with Crippen LogP contribution in [0.2, 0.25) is 0 Å². The van der Waals surface area contributed by atoms with Crippen molar-refractivity contribution in [3.63, 3.8) is 0 Å². The number of rotatable bonds is 9. The van der Waals surface area contributed by atoms with Gasteiger partial charge in [0.25, 0.3) is 0 Å². The molecule has 0 bridgehead atoms. The third kappa shape index (κ3) is 6.68. The number of aryl methyl sites for hydroxylation is 1. The third-order valence-electron chi connectivity index (χ3n) is 2.67. The highest BCUT2D eigenvalue weighted by Crippen LogP contribution is 2.04. The average Bonchev–Trinajstić information content (AvgIpc) is 2.74. The van der Waals surface area contributed by atoms with Crippen molar-refractivity contribution in [2.24, 2.45) is 7.05 Å². The number of hydrogen-bond donors (Lipinski definition) is 0. The minimum Gasteiger partial charge on any atom is -0.433 e. The zero-order valence-corrected chi connectivity index (χ0v) is 12.7. The van der Waals surface area contributed by atoms with Gasteiger partial charge >= 0.3 is 5.97 Å². The molecule has 1 heterocycles. The summed E-state index contributed by atoms with van der Waals surface area (Å²) >= 11 is 0. The summed E-state index contributed by atoms with van der Waals surface area (Å²) in [6.07, 6.45) is 6.54. The number of esters is 1. The summed E-state index contributed by atoms with van der Waals surface area (Å²) < 4.78 is 19.6. The van der Waals surface area contributed by atoms with E-state index in [-0.39, 0.29) is 18.8 Å². The monoisotopic (exact) mass is 285 g/mol. The molecular weight excluding hydrogens is 260 g/mol. The van der Waals surface area contributed by atoms with Crippen molar-refractivity contribution in [2.75, 3.05) is 6.61 Å². The van der Waals surface area contributed by atoms with E-state index in [0.717, 1.165) is 12.8 Å². The van der Waals surface area contributed by atoms with E-state index in [1.54, 1.807) is 18.4 Å². The molecule has 0 spiro atoms. The highest BCUT2D eigenvalue weighted by atomic mass is 16.8. The molecule has 0 saturated carbocycles. The quantitative estimate of drug-likeness (QED) is 0.298. The van der Waals surface area contributed by atoms with Crippen molar-refractivity contribution < 1.29 is 23.6 Å². The molecule has 6 nitrogen and oxygen atoms in total. The summed E-state index contributed by atoms with van der Waals surface area (Å²) in [6.45, 7) is 6.40. The van der Waals surface area contributed by atoms with E-state index in [0.29, 0.717) is 6.61 Å². The maximum atomic E-state index is 11.7. The van der Waals surface area contributed by atoms with Gasteiger partial charge in [0.05, 0.1) is 7.05 Å². The smallest absolute Gasteiger partial charge is 0.350 e. The molecule has 0 saturated heterocycles. The number of carbonyl (C=O) groups is 1. The van der Waals surface area contributed by atoms with Gasteiger partial charge in [-0.3, -0.25) is 0 Å². The molecule has 1 rings (SSSR count). The number of carbonyl (C=O) groups excluding carboxylic acids is 1. The summed E-state index contributed by atoms with van der Waals surface area (Å²) in [5, 5.41) is 0.